The first-order valence-corrected chi connectivity index (χ1v) is 10.5. The Morgan fingerprint density at radius 3 is 2.31 bits per heavy atom. The van der Waals surface area contributed by atoms with Crippen LogP contribution in [0.2, 0.25) is 0 Å². The summed E-state index contributed by atoms with van der Waals surface area (Å²) in [6, 6.07) is 0. The Hall–Kier alpha value is -0.200. The minimum atomic E-state index is -1.05. The molecular formula is C21H36O5. The number of aliphatic hydroxyl groups is 5. The van der Waals surface area contributed by atoms with E-state index in [1.165, 1.54) is 0 Å². The van der Waals surface area contributed by atoms with Gasteiger partial charge >= 0.3 is 0 Å². The van der Waals surface area contributed by atoms with Crippen molar-refractivity contribution in [3.05, 3.63) is 0 Å². The molecule has 5 heteroatoms. The Balaban J connectivity index is 1.77. The van der Waals surface area contributed by atoms with Gasteiger partial charge < -0.3 is 25.5 Å². The lowest BCUT2D eigenvalue weighted by atomic mass is 9.41. The number of hydrogen-bond donors (Lipinski definition) is 5. The average molecular weight is 369 g/mol. The molecule has 0 spiro atoms. The fourth-order valence-corrected chi connectivity index (χ4v) is 8.09. The number of hydrogen-bond acceptors (Lipinski definition) is 5. The molecule has 0 amide bonds. The molecule has 4 aliphatic rings. The molecule has 0 saturated heterocycles. The maximum absolute atomic E-state index is 11.9. The second-order valence-electron chi connectivity index (χ2n) is 10.4. The van der Waals surface area contributed by atoms with E-state index < -0.39 is 29.3 Å². The lowest BCUT2D eigenvalue weighted by Crippen LogP contribution is -2.72. The Labute approximate surface area is 156 Å². The van der Waals surface area contributed by atoms with E-state index in [1.54, 1.807) is 6.92 Å². The summed E-state index contributed by atoms with van der Waals surface area (Å²) in [6.45, 7) is 5.80. The van der Waals surface area contributed by atoms with Crippen LogP contribution in [0.25, 0.3) is 0 Å². The second-order valence-corrected chi connectivity index (χ2v) is 10.4. The van der Waals surface area contributed by atoms with Crippen LogP contribution in [0.15, 0.2) is 0 Å². The first kappa shape index (κ1) is 19.1. The van der Waals surface area contributed by atoms with E-state index in [1.807, 2.05) is 6.92 Å². The Morgan fingerprint density at radius 1 is 0.962 bits per heavy atom. The average Bonchev–Trinajstić information content (AvgIpc) is 2.86. The van der Waals surface area contributed by atoms with Crippen molar-refractivity contribution >= 4 is 0 Å². The van der Waals surface area contributed by atoms with Crippen LogP contribution in [0.1, 0.15) is 65.7 Å². The number of rotatable bonds is 1. The van der Waals surface area contributed by atoms with Crippen LogP contribution in [-0.2, 0) is 0 Å². The second kappa shape index (κ2) is 5.90. The first-order valence-electron chi connectivity index (χ1n) is 10.5. The minimum absolute atomic E-state index is 0.0638. The molecule has 11 atom stereocenters. The molecule has 4 fully saturated rings. The molecule has 5 N–H and O–H groups in total. The van der Waals surface area contributed by atoms with E-state index in [0.29, 0.717) is 18.8 Å². The summed E-state index contributed by atoms with van der Waals surface area (Å²) in [6.07, 6.45) is 2.51. The molecule has 0 aliphatic heterocycles. The van der Waals surface area contributed by atoms with Crippen LogP contribution < -0.4 is 0 Å². The highest BCUT2D eigenvalue weighted by atomic mass is 16.3. The van der Waals surface area contributed by atoms with Crippen LogP contribution in [0.3, 0.4) is 0 Å². The number of fused-ring (bicyclic) bond motifs is 5. The molecular weight excluding hydrogens is 332 g/mol. The molecule has 5 nitrogen and oxygen atoms in total. The Bertz CT molecular complexity index is 567. The van der Waals surface area contributed by atoms with Crippen molar-refractivity contribution < 1.29 is 25.5 Å². The van der Waals surface area contributed by atoms with Gasteiger partial charge in [0.25, 0.3) is 0 Å². The maximum Gasteiger partial charge on any atom is 0.0886 e. The van der Waals surface area contributed by atoms with Crippen LogP contribution in [0.5, 0.6) is 0 Å². The predicted octanol–water partition coefficient (Wildman–Crippen LogP) is 1.44. The third kappa shape index (κ3) is 2.15. The van der Waals surface area contributed by atoms with E-state index in [4.69, 9.17) is 0 Å². The van der Waals surface area contributed by atoms with Crippen molar-refractivity contribution in [2.24, 2.45) is 34.5 Å². The zero-order chi connectivity index (χ0) is 19.1. The van der Waals surface area contributed by atoms with Gasteiger partial charge in [0.15, 0.2) is 0 Å². The van der Waals surface area contributed by atoms with E-state index >= 15 is 0 Å². The van der Waals surface area contributed by atoms with Crippen LogP contribution >= 0.6 is 0 Å². The highest BCUT2D eigenvalue weighted by molar-refractivity contribution is 5.22. The summed E-state index contributed by atoms with van der Waals surface area (Å²) in [7, 11) is 0. The lowest BCUT2D eigenvalue weighted by molar-refractivity contribution is -0.289. The van der Waals surface area contributed by atoms with Gasteiger partial charge in [0.05, 0.1) is 30.0 Å². The molecule has 4 aliphatic carbocycles. The van der Waals surface area contributed by atoms with E-state index in [-0.39, 0.29) is 29.3 Å². The van der Waals surface area contributed by atoms with Gasteiger partial charge in [-0.05, 0) is 81.0 Å². The summed E-state index contributed by atoms with van der Waals surface area (Å²) >= 11 is 0. The Morgan fingerprint density at radius 2 is 1.65 bits per heavy atom. The molecule has 4 saturated carbocycles. The molecule has 0 radical (unpaired) electrons. The highest BCUT2D eigenvalue weighted by Crippen LogP contribution is 2.69. The molecule has 26 heavy (non-hydrogen) atoms. The summed E-state index contributed by atoms with van der Waals surface area (Å²) in [5.74, 6) is -0.103. The van der Waals surface area contributed by atoms with Crippen molar-refractivity contribution in [3.8, 4) is 0 Å². The van der Waals surface area contributed by atoms with Gasteiger partial charge in [0.2, 0.25) is 0 Å². The topological polar surface area (TPSA) is 101 Å². The van der Waals surface area contributed by atoms with Gasteiger partial charge in [-0.1, -0.05) is 13.8 Å². The molecule has 0 bridgehead atoms. The normalized spacial score (nSPS) is 60.7. The largest absolute Gasteiger partial charge is 0.393 e. The van der Waals surface area contributed by atoms with Gasteiger partial charge in [-0.2, -0.15) is 0 Å². The molecule has 0 heterocycles. The lowest BCUT2D eigenvalue weighted by Gasteiger charge is -2.66. The molecule has 0 aromatic rings. The van der Waals surface area contributed by atoms with Crippen molar-refractivity contribution in [2.45, 2.75) is 95.7 Å². The standard InChI is InChI=1S/C21H36O5/c1-11(22)14-7-9-21(26)15-5-4-12-10-13(23)6-8-19(12,2)16(15)17(24)18(25)20(14,21)3/h11-18,22-26H,4-10H2,1-3H3/t11?,12-,13-,14+,15+,16+,17-,18+,19-,20-,21-/m0/s1. The fraction of sp³-hybridized carbons (Fsp3) is 1.00. The van der Waals surface area contributed by atoms with Gasteiger partial charge in [-0.25, -0.2) is 0 Å². The third-order valence-corrected chi connectivity index (χ3v) is 9.57. The van der Waals surface area contributed by atoms with Crippen LogP contribution in [-0.4, -0.2) is 55.5 Å². The SMILES string of the molecule is CC(O)[C@H]1CC[C@]2(O)[C@@H]3CC[C@H]4C[C@@H](O)CC[C@]4(C)[C@H]3[C@H](O)[C@@H](O)[C@]12C. The first-order chi connectivity index (χ1) is 12.1. The minimum Gasteiger partial charge on any atom is -0.393 e. The van der Waals surface area contributed by atoms with Crippen LogP contribution in [0.4, 0.5) is 0 Å². The molecule has 4 rings (SSSR count). The van der Waals surface area contributed by atoms with Crippen molar-refractivity contribution in [3.63, 3.8) is 0 Å². The summed E-state index contributed by atoms with van der Waals surface area (Å²) in [5, 5.41) is 54.8. The third-order valence-electron chi connectivity index (χ3n) is 9.57. The summed E-state index contributed by atoms with van der Waals surface area (Å²) < 4.78 is 0. The Kier molecular flexibility index (Phi) is 4.34. The maximum atomic E-state index is 11.9. The zero-order valence-corrected chi connectivity index (χ0v) is 16.3. The zero-order valence-electron chi connectivity index (χ0n) is 16.3. The van der Waals surface area contributed by atoms with Gasteiger partial charge in [-0.3, -0.25) is 0 Å². The van der Waals surface area contributed by atoms with E-state index in [0.717, 1.165) is 32.1 Å². The van der Waals surface area contributed by atoms with Gasteiger partial charge in [-0.15, -0.1) is 0 Å². The van der Waals surface area contributed by atoms with Crippen molar-refractivity contribution in [2.75, 3.05) is 0 Å². The van der Waals surface area contributed by atoms with Crippen molar-refractivity contribution in [1.29, 1.82) is 0 Å². The fourth-order valence-electron chi connectivity index (χ4n) is 8.09. The monoisotopic (exact) mass is 368 g/mol. The summed E-state index contributed by atoms with van der Waals surface area (Å²) in [5.41, 5.74) is -2.11. The van der Waals surface area contributed by atoms with Crippen molar-refractivity contribution in [1.82, 2.24) is 0 Å². The molecule has 150 valence electrons. The smallest absolute Gasteiger partial charge is 0.0886 e. The predicted molar refractivity (Wildman–Crippen MR) is 97.1 cm³/mol. The quantitative estimate of drug-likeness (QED) is 0.482. The summed E-state index contributed by atoms with van der Waals surface area (Å²) in [4.78, 5) is 0. The molecule has 0 aromatic heterocycles. The van der Waals surface area contributed by atoms with Gasteiger partial charge in [0.1, 0.15) is 0 Å². The molecule has 0 aromatic carbocycles. The van der Waals surface area contributed by atoms with E-state index in [9.17, 15) is 25.5 Å². The molecule has 1 unspecified atom stereocenters. The number of aliphatic hydroxyl groups excluding tert-OH is 4. The van der Waals surface area contributed by atoms with Crippen LogP contribution in [0, 0.1) is 34.5 Å². The van der Waals surface area contributed by atoms with E-state index in [2.05, 4.69) is 6.92 Å². The highest BCUT2D eigenvalue weighted by Gasteiger charge is 2.73. The van der Waals surface area contributed by atoms with Gasteiger partial charge in [0, 0.05) is 5.41 Å².